The number of nitrogens with two attached hydrogens (primary N) is 1. The van der Waals surface area contributed by atoms with Gasteiger partial charge in [0.25, 0.3) is 0 Å². The minimum absolute atomic E-state index is 0.0464. The molecule has 1 aromatic carbocycles. The largest absolute Gasteiger partial charge is 0.312 e. The van der Waals surface area contributed by atoms with Crippen LogP contribution in [0.3, 0.4) is 0 Å². The Labute approximate surface area is 67.4 Å². The fourth-order valence-corrected chi connectivity index (χ4v) is 1.03. The fraction of sp³-hybridized carbons (Fsp3) is 0.333. The van der Waals surface area contributed by atoms with Crippen LogP contribution in [0.25, 0.3) is 0 Å². The lowest BCUT2D eigenvalue weighted by molar-refractivity contribution is 0.622. The molecule has 0 saturated carbocycles. The number of hydrogen-bond donors (Lipinski definition) is 2. The standard InChI is InChI=1S/C9H14N2/c1-7-4-3-5-8(6-7)9(10)11-2/h3-6,9,11H,10H2,1-2H3. The Hall–Kier alpha value is -0.860. The summed E-state index contributed by atoms with van der Waals surface area (Å²) in [4.78, 5) is 0. The molecule has 0 saturated heterocycles. The average molecular weight is 150 g/mol. The highest BCUT2D eigenvalue weighted by molar-refractivity contribution is 5.24. The summed E-state index contributed by atoms with van der Waals surface area (Å²) >= 11 is 0. The highest BCUT2D eigenvalue weighted by atomic mass is 15.0. The first-order valence-electron chi connectivity index (χ1n) is 3.73. The van der Waals surface area contributed by atoms with E-state index in [1.54, 1.807) is 0 Å². The Morgan fingerprint density at radius 2 is 2.18 bits per heavy atom. The predicted molar refractivity (Wildman–Crippen MR) is 47.2 cm³/mol. The van der Waals surface area contributed by atoms with Crippen LogP contribution in [0.5, 0.6) is 0 Å². The van der Waals surface area contributed by atoms with Gasteiger partial charge in [0.15, 0.2) is 0 Å². The number of hydrogen-bond acceptors (Lipinski definition) is 2. The van der Waals surface area contributed by atoms with Crippen molar-refractivity contribution in [2.75, 3.05) is 7.05 Å². The maximum absolute atomic E-state index is 5.75. The molecular weight excluding hydrogens is 136 g/mol. The van der Waals surface area contributed by atoms with Crippen molar-refractivity contribution in [3.8, 4) is 0 Å². The van der Waals surface area contributed by atoms with Gasteiger partial charge in [-0.25, -0.2) is 0 Å². The smallest absolute Gasteiger partial charge is 0.0807 e. The van der Waals surface area contributed by atoms with Crippen LogP contribution in [0.2, 0.25) is 0 Å². The van der Waals surface area contributed by atoms with Crippen molar-refractivity contribution in [2.24, 2.45) is 5.73 Å². The van der Waals surface area contributed by atoms with Gasteiger partial charge in [-0.2, -0.15) is 0 Å². The molecule has 11 heavy (non-hydrogen) atoms. The number of benzene rings is 1. The normalized spacial score (nSPS) is 13.0. The van der Waals surface area contributed by atoms with Gasteiger partial charge < -0.3 is 11.1 Å². The lowest BCUT2D eigenvalue weighted by Gasteiger charge is -2.10. The molecule has 0 aliphatic heterocycles. The summed E-state index contributed by atoms with van der Waals surface area (Å²) in [5, 5.41) is 2.99. The van der Waals surface area contributed by atoms with Crippen molar-refractivity contribution >= 4 is 0 Å². The zero-order valence-electron chi connectivity index (χ0n) is 6.96. The third-order valence-corrected chi connectivity index (χ3v) is 1.71. The Morgan fingerprint density at radius 1 is 1.45 bits per heavy atom. The van der Waals surface area contributed by atoms with Crippen LogP contribution in [0.4, 0.5) is 0 Å². The summed E-state index contributed by atoms with van der Waals surface area (Å²) in [7, 11) is 1.85. The lowest BCUT2D eigenvalue weighted by Crippen LogP contribution is -2.24. The van der Waals surface area contributed by atoms with Gasteiger partial charge in [-0.05, 0) is 19.5 Å². The van der Waals surface area contributed by atoms with E-state index >= 15 is 0 Å². The first kappa shape index (κ1) is 8.24. The fourth-order valence-electron chi connectivity index (χ4n) is 1.03. The molecule has 0 radical (unpaired) electrons. The molecule has 3 N–H and O–H groups in total. The second-order valence-corrected chi connectivity index (χ2v) is 2.68. The third-order valence-electron chi connectivity index (χ3n) is 1.71. The van der Waals surface area contributed by atoms with Crippen molar-refractivity contribution in [1.29, 1.82) is 0 Å². The van der Waals surface area contributed by atoms with Crippen LogP contribution < -0.4 is 11.1 Å². The Kier molecular flexibility index (Phi) is 2.63. The van der Waals surface area contributed by atoms with Gasteiger partial charge in [0.2, 0.25) is 0 Å². The summed E-state index contributed by atoms with van der Waals surface area (Å²) in [6, 6.07) is 8.18. The highest BCUT2D eigenvalue weighted by Gasteiger charge is 2.00. The monoisotopic (exact) mass is 150 g/mol. The zero-order chi connectivity index (χ0) is 8.27. The first-order chi connectivity index (χ1) is 5.24. The molecular formula is C9H14N2. The molecule has 1 aromatic rings. The molecule has 0 aliphatic rings. The van der Waals surface area contributed by atoms with Crippen LogP contribution in [0.15, 0.2) is 24.3 Å². The van der Waals surface area contributed by atoms with E-state index < -0.39 is 0 Å². The van der Waals surface area contributed by atoms with E-state index in [0.29, 0.717) is 0 Å². The Morgan fingerprint density at radius 3 is 2.73 bits per heavy atom. The van der Waals surface area contributed by atoms with Crippen molar-refractivity contribution in [3.05, 3.63) is 35.4 Å². The van der Waals surface area contributed by atoms with Gasteiger partial charge in [0.1, 0.15) is 0 Å². The number of aryl methyl sites for hydroxylation is 1. The minimum Gasteiger partial charge on any atom is -0.312 e. The van der Waals surface area contributed by atoms with Gasteiger partial charge in [-0.15, -0.1) is 0 Å². The lowest BCUT2D eigenvalue weighted by atomic mass is 10.1. The van der Waals surface area contributed by atoms with Crippen LogP contribution >= 0.6 is 0 Å². The minimum atomic E-state index is -0.0464. The third kappa shape index (κ3) is 2.03. The number of nitrogens with one attached hydrogen (secondary N) is 1. The highest BCUT2D eigenvalue weighted by Crippen LogP contribution is 2.08. The summed E-state index contributed by atoms with van der Waals surface area (Å²) < 4.78 is 0. The van der Waals surface area contributed by atoms with E-state index in [1.165, 1.54) is 5.56 Å². The van der Waals surface area contributed by atoms with Gasteiger partial charge in [-0.1, -0.05) is 29.8 Å². The first-order valence-corrected chi connectivity index (χ1v) is 3.73. The van der Waals surface area contributed by atoms with E-state index in [-0.39, 0.29) is 6.17 Å². The predicted octanol–water partition coefficient (Wildman–Crippen LogP) is 1.17. The molecule has 0 aliphatic carbocycles. The van der Waals surface area contributed by atoms with Gasteiger partial charge in [0, 0.05) is 0 Å². The molecule has 0 amide bonds. The molecule has 0 bridgehead atoms. The van der Waals surface area contributed by atoms with Gasteiger partial charge >= 0.3 is 0 Å². The van der Waals surface area contributed by atoms with E-state index in [9.17, 15) is 0 Å². The van der Waals surface area contributed by atoms with E-state index in [4.69, 9.17) is 5.73 Å². The van der Waals surface area contributed by atoms with Gasteiger partial charge in [0.05, 0.1) is 6.17 Å². The van der Waals surface area contributed by atoms with Crippen molar-refractivity contribution in [3.63, 3.8) is 0 Å². The summed E-state index contributed by atoms with van der Waals surface area (Å²) in [5.41, 5.74) is 8.13. The molecule has 1 unspecified atom stereocenters. The molecule has 0 heterocycles. The molecule has 1 atom stereocenters. The molecule has 0 spiro atoms. The second-order valence-electron chi connectivity index (χ2n) is 2.68. The summed E-state index contributed by atoms with van der Waals surface area (Å²) in [5.74, 6) is 0. The van der Waals surface area contributed by atoms with Crippen LogP contribution in [-0.4, -0.2) is 7.05 Å². The van der Waals surface area contributed by atoms with E-state index in [1.807, 2.05) is 19.2 Å². The second kappa shape index (κ2) is 3.51. The summed E-state index contributed by atoms with van der Waals surface area (Å²) in [6.45, 7) is 2.06. The van der Waals surface area contributed by atoms with Crippen LogP contribution in [0, 0.1) is 6.92 Å². The molecule has 1 rings (SSSR count). The molecule has 2 nitrogen and oxygen atoms in total. The van der Waals surface area contributed by atoms with Crippen molar-refractivity contribution < 1.29 is 0 Å². The Bertz CT molecular complexity index is 233. The van der Waals surface area contributed by atoms with Crippen molar-refractivity contribution in [2.45, 2.75) is 13.1 Å². The van der Waals surface area contributed by atoms with E-state index in [0.717, 1.165) is 5.56 Å². The van der Waals surface area contributed by atoms with Crippen molar-refractivity contribution in [1.82, 2.24) is 5.32 Å². The van der Waals surface area contributed by atoms with Crippen LogP contribution in [0.1, 0.15) is 17.3 Å². The molecule has 0 fully saturated rings. The van der Waals surface area contributed by atoms with Crippen LogP contribution in [-0.2, 0) is 0 Å². The van der Waals surface area contributed by atoms with E-state index in [2.05, 4.69) is 24.4 Å². The quantitative estimate of drug-likeness (QED) is 0.621. The SMILES string of the molecule is CNC(N)c1cccc(C)c1. The topological polar surface area (TPSA) is 38.0 Å². The maximum atomic E-state index is 5.75. The molecule has 2 heteroatoms. The number of rotatable bonds is 2. The average Bonchev–Trinajstić information content (AvgIpc) is 2.03. The zero-order valence-corrected chi connectivity index (χ0v) is 6.96. The summed E-state index contributed by atoms with van der Waals surface area (Å²) in [6.07, 6.45) is -0.0464. The molecule has 60 valence electrons. The van der Waals surface area contributed by atoms with Gasteiger partial charge in [-0.3, -0.25) is 0 Å². The Balaban J connectivity index is 2.86. The maximum Gasteiger partial charge on any atom is 0.0807 e. The molecule has 0 aromatic heterocycles.